The monoisotopic (exact) mass is 283 g/mol. The number of hydrogen-bond donors (Lipinski definition) is 2. The summed E-state index contributed by atoms with van der Waals surface area (Å²) in [5, 5.41) is 3.01. The molecule has 1 atom stereocenters. The van der Waals surface area contributed by atoms with Gasteiger partial charge in [-0.3, -0.25) is 4.79 Å². The van der Waals surface area contributed by atoms with E-state index in [1.54, 1.807) is 12.1 Å². The number of hydrogen-bond acceptors (Lipinski definition) is 3. The van der Waals surface area contributed by atoms with Crippen molar-refractivity contribution in [3.05, 3.63) is 59.7 Å². The molecule has 2 aromatic carbocycles. The molecule has 3 N–H and O–H groups in total. The fourth-order valence-corrected chi connectivity index (χ4v) is 2.22. The molecule has 2 aromatic rings. The first kappa shape index (κ1) is 14.9. The molecule has 0 aliphatic heterocycles. The highest BCUT2D eigenvalue weighted by atomic mass is 16.1. The smallest absolute Gasteiger partial charge is 0.253 e. The van der Waals surface area contributed by atoms with Crippen molar-refractivity contribution in [1.29, 1.82) is 0 Å². The first-order valence-corrected chi connectivity index (χ1v) is 6.91. The highest BCUT2D eigenvalue weighted by Crippen LogP contribution is 2.22. The van der Waals surface area contributed by atoms with E-state index in [1.807, 2.05) is 62.3 Å². The molecule has 0 fully saturated rings. The van der Waals surface area contributed by atoms with Crippen LogP contribution in [0.15, 0.2) is 48.5 Å². The van der Waals surface area contributed by atoms with E-state index in [2.05, 4.69) is 5.32 Å². The molecule has 0 saturated carbocycles. The summed E-state index contributed by atoms with van der Waals surface area (Å²) in [4.78, 5) is 14.4. The second-order valence-corrected chi connectivity index (χ2v) is 5.28. The van der Waals surface area contributed by atoms with Crippen LogP contribution in [-0.2, 0) is 0 Å². The number of rotatable bonds is 4. The molecular formula is C17H21N3O. The number of anilines is 2. The van der Waals surface area contributed by atoms with Gasteiger partial charge >= 0.3 is 0 Å². The van der Waals surface area contributed by atoms with Crippen LogP contribution in [0.1, 0.15) is 28.9 Å². The van der Waals surface area contributed by atoms with E-state index in [0.717, 1.165) is 11.3 Å². The van der Waals surface area contributed by atoms with Crippen LogP contribution in [0.3, 0.4) is 0 Å². The fourth-order valence-electron chi connectivity index (χ4n) is 2.22. The fraction of sp³-hybridized carbons (Fsp3) is 0.235. The molecule has 0 heterocycles. The predicted octanol–water partition coefficient (Wildman–Crippen LogP) is 2.83. The number of nitrogens with zero attached hydrogens (tertiary/aromatic N) is 1. The van der Waals surface area contributed by atoms with E-state index >= 15 is 0 Å². The second-order valence-electron chi connectivity index (χ2n) is 5.28. The van der Waals surface area contributed by atoms with Crippen molar-refractivity contribution in [3.8, 4) is 0 Å². The van der Waals surface area contributed by atoms with Crippen molar-refractivity contribution >= 4 is 17.3 Å². The summed E-state index contributed by atoms with van der Waals surface area (Å²) >= 11 is 0. The molecule has 2 rings (SSSR count). The van der Waals surface area contributed by atoms with Gasteiger partial charge in [-0.05, 0) is 30.7 Å². The van der Waals surface area contributed by atoms with Crippen LogP contribution in [0.2, 0.25) is 0 Å². The summed E-state index contributed by atoms with van der Waals surface area (Å²) in [6, 6.07) is 15.2. The van der Waals surface area contributed by atoms with Crippen molar-refractivity contribution < 1.29 is 4.79 Å². The Morgan fingerprint density at radius 2 is 1.81 bits per heavy atom. The minimum atomic E-state index is -0.123. The number of carbonyl (C=O) groups is 1. The van der Waals surface area contributed by atoms with Crippen molar-refractivity contribution in [3.63, 3.8) is 0 Å². The molecule has 0 aromatic heterocycles. The zero-order valence-corrected chi connectivity index (χ0v) is 12.6. The van der Waals surface area contributed by atoms with Gasteiger partial charge in [0.05, 0.1) is 11.6 Å². The van der Waals surface area contributed by atoms with Crippen molar-refractivity contribution in [2.45, 2.75) is 13.0 Å². The Kier molecular flexibility index (Phi) is 4.48. The molecule has 4 nitrogen and oxygen atoms in total. The summed E-state index contributed by atoms with van der Waals surface area (Å²) in [6.07, 6.45) is 0. The first-order valence-electron chi connectivity index (χ1n) is 6.91. The third-order valence-corrected chi connectivity index (χ3v) is 3.39. The van der Waals surface area contributed by atoms with E-state index in [4.69, 9.17) is 5.73 Å². The summed E-state index contributed by atoms with van der Waals surface area (Å²) in [5.41, 5.74) is 8.90. The van der Waals surface area contributed by atoms with Crippen LogP contribution in [0, 0.1) is 0 Å². The molecule has 4 heteroatoms. The van der Waals surface area contributed by atoms with Gasteiger partial charge in [-0.2, -0.15) is 0 Å². The van der Waals surface area contributed by atoms with Crippen molar-refractivity contribution in [1.82, 2.24) is 5.32 Å². The third kappa shape index (κ3) is 3.54. The Morgan fingerprint density at radius 3 is 2.43 bits per heavy atom. The molecule has 0 unspecified atom stereocenters. The molecule has 110 valence electrons. The summed E-state index contributed by atoms with van der Waals surface area (Å²) in [7, 11) is 3.81. The van der Waals surface area contributed by atoms with Gasteiger partial charge in [0.15, 0.2) is 0 Å². The highest BCUT2D eigenvalue weighted by Gasteiger charge is 2.16. The lowest BCUT2D eigenvalue weighted by molar-refractivity contribution is 0.0940. The topological polar surface area (TPSA) is 58.4 Å². The highest BCUT2D eigenvalue weighted by molar-refractivity contribution is 6.00. The molecule has 0 aliphatic carbocycles. The second kappa shape index (κ2) is 6.31. The molecule has 0 spiro atoms. The quantitative estimate of drug-likeness (QED) is 0.848. The van der Waals surface area contributed by atoms with E-state index in [1.165, 1.54) is 0 Å². The molecule has 0 bridgehead atoms. The normalized spacial score (nSPS) is 11.8. The van der Waals surface area contributed by atoms with Crippen LogP contribution >= 0.6 is 0 Å². The van der Waals surface area contributed by atoms with E-state index < -0.39 is 0 Å². The van der Waals surface area contributed by atoms with E-state index in [9.17, 15) is 4.79 Å². The third-order valence-electron chi connectivity index (χ3n) is 3.39. The molecule has 21 heavy (non-hydrogen) atoms. The molecule has 0 radical (unpaired) electrons. The minimum absolute atomic E-state index is 0.0601. The number of nitrogens with two attached hydrogens (primary N) is 1. The zero-order valence-electron chi connectivity index (χ0n) is 12.6. The van der Waals surface area contributed by atoms with Gasteiger partial charge in [0.2, 0.25) is 0 Å². The van der Waals surface area contributed by atoms with Gasteiger partial charge in [0, 0.05) is 25.5 Å². The number of benzene rings is 2. The minimum Gasteiger partial charge on any atom is -0.399 e. The maximum atomic E-state index is 12.5. The number of amides is 1. The summed E-state index contributed by atoms with van der Waals surface area (Å²) < 4.78 is 0. The summed E-state index contributed by atoms with van der Waals surface area (Å²) in [6.45, 7) is 1.97. The maximum Gasteiger partial charge on any atom is 0.253 e. The standard InChI is InChI=1S/C17H21N3O/c1-12(13-7-5-4-6-8-13)19-17(21)15-11-14(18)9-10-16(15)20(2)3/h4-12H,18H2,1-3H3,(H,19,21)/t12-/m1/s1. The van der Waals surface area contributed by atoms with Gasteiger partial charge < -0.3 is 16.0 Å². The van der Waals surface area contributed by atoms with Crippen LogP contribution in [-0.4, -0.2) is 20.0 Å². The molecular weight excluding hydrogens is 262 g/mol. The largest absolute Gasteiger partial charge is 0.399 e. The maximum absolute atomic E-state index is 12.5. The number of carbonyl (C=O) groups excluding carboxylic acids is 1. The Morgan fingerprint density at radius 1 is 1.14 bits per heavy atom. The first-order chi connectivity index (χ1) is 9.99. The van der Waals surface area contributed by atoms with Crippen LogP contribution in [0.5, 0.6) is 0 Å². The van der Waals surface area contributed by atoms with Crippen LogP contribution < -0.4 is 16.0 Å². The van der Waals surface area contributed by atoms with Gasteiger partial charge in [-0.1, -0.05) is 30.3 Å². The Labute approximate surface area is 125 Å². The van der Waals surface area contributed by atoms with Crippen LogP contribution in [0.25, 0.3) is 0 Å². The van der Waals surface area contributed by atoms with Gasteiger partial charge in [-0.15, -0.1) is 0 Å². The van der Waals surface area contributed by atoms with Gasteiger partial charge in [0.1, 0.15) is 0 Å². The lowest BCUT2D eigenvalue weighted by Gasteiger charge is -2.20. The van der Waals surface area contributed by atoms with Gasteiger partial charge in [0.25, 0.3) is 5.91 Å². The van der Waals surface area contributed by atoms with E-state index in [-0.39, 0.29) is 11.9 Å². The Bertz CT molecular complexity index is 623. The Balaban J connectivity index is 2.23. The predicted molar refractivity (Wildman–Crippen MR) is 87.5 cm³/mol. The lowest BCUT2D eigenvalue weighted by Crippen LogP contribution is -2.28. The molecule has 0 saturated heterocycles. The van der Waals surface area contributed by atoms with Crippen molar-refractivity contribution in [2.24, 2.45) is 0 Å². The number of nitrogens with one attached hydrogen (secondary N) is 1. The zero-order chi connectivity index (χ0) is 15.4. The Hall–Kier alpha value is -2.49. The van der Waals surface area contributed by atoms with Crippen LogP contribution in [0.4, 0.5) is 11.4 Å². The average Bonchev–Trinajstić information content (AvgIpc) is 2.47. The SMILES string of the molecule is C[C@@H](NC(=O)c1cc(N)ccc1N(C)C)c1ccccc1. The van der Waals surface area contributed by atoms with Gasteiger partial charge in [-0.25, -0.2) is 0 Å². The summed E-state index contributed by atoms with van der Waals surface area (Å²) in [5.74, 6) is -0.123. The molecule has 0 aliphatic rings. The molecule has 1 amide bonds. The average molecular weight is 283 g/mol. The van der Waals surface area contributed by atoms with Crippen molar-refractivity contribution in [2.75, 3.05) is 24.7 Å². The number of nitrogen functional groups attached to an aromatic ring is 1. The van der Waals surface area contributed by atoms with E-state index in [0.29, 0.717) is 11.3 Å². The lowest BCUT2D eigenvalue weighted by atomic mass is 10.1.